The molecule has 0 bridgehead atoms. The van der Waals surface area contributed by atoms with E-state index < -0.39 is 15.1 Å². The molecule has 7 heteroatoms. The molecule has 104 valence electrons. The van der Waals surface area contributed by atoms with Crippen molar-refractivity contribution in [2.75, 3.05) is 12.3 Å². The van der Waals surface area contributed by atoms with Crippen LogP contribution in [0.5, 0.6) is 5.75 Å². The van der Waals surface area contributed by atoms with Gasteiger partial charge in [-0.25, -0.2) is 8.42 Å². The van der Waals surface area contributed by atoms with Crippen LogP contribution >= 0.6 is 22.6 Å². The zero-order valence-electron chi connectivity index (χ0n) is 10.1. The molecule has 0 aliphatic carbocycles. The molecule has 1 heterocycles. The molecule has 1 aromatic rings. The van der Waals surface area contributed by atoms with E-state index >= 15 is 0 Å². The maximum atomic E-state index is 11.9. The number of carbonyl (C=O) groups is 1. The molecule has 0 saturated carbocycles. The Bertz CT molecular complexity index is 600. The smallest absolute Gasteiger partial charge is 0.251 e. The minimum Gasteiger partial charge on any atom is -0.507 e. The highest BCUT2D eigenvalue weighted by atomic mass is 127. The summed E-state index contributed by atoms with van der Waals surface area (Å²) >= 11 is 1.96. The Morgan fingerprint density at radius 2 is 2.21 bits per heavy atom. The van der Waals surface area contributed by atoms with E-state index in [9.17, 15) is 18.3 Å². The SMILES string of the molecule is O=C(NCC1CCCS1(=O)=O)c1ccc(I)c(O)c1. The first-order valence-corrected chi connectivity index (χ1v) is 8.68. The van der Waals surface area contributed by atoms with Gasteiger partial charge >= 0.3 is 0 Å². The fourth-order valence-corrected chi connectivity index (χ4v) is 4.15. The van der Waals surface area contributed by atoms with E-state index in [1.54, 1.807) is 12.1 Å². The summed E-state index contributed by atoms with van der Waals surface area (Å²) in [4.78, 5) is 11.9. The monoisotopic (exact) mass is 395 g/mol. The summed E-state index contributed by atoms with van der Waals surface area (Å²) in [5.41, 5.74) is 0.327. The van der Waals surface area contributed by atoms with Crippen LogP contribution in [-0.2, 0) is 9.84 Å². The summed E-state index contributed by atoms with van der Waals surface area (Å²) in [6.45, 7) is 0.133. The molecule has 1 aliphatic rings. The van der Waals surface area contributed by atoms with E-state index in [0.717, 1.165) is 0 Å². The number of rotatable bonds is 3. The summed E-state index contributed by atoms with van der Waals surface area (Å²) in [6, 6.07) is 4.61. The number of hydrogen-bond donors (Lipinski definition) is 2. The summed E-state index contributed by atoms with van der Waals surface area (Å²) in [6.07, 6.45) is 1.26. The van der Waals surface area contributed by atoms with Gasteiger partial charge in [0.2, 0.25) is 0 Å². The van der Waals surface area contributed by atoms with Crippen LogP contribution in [0.25, 0.3) is 0 Å². The van der Waals surface area contributed by atoms with E-state index in [-0.39, 0.29) is 24.0 Å². The summed E-state index contributed by atoms with van der Waals surface area (Å²) in [7, 11) is -3.05. The number of phenolic OH excluding ortho intramolecular Hbond substituents is 1. The van der Waals surface area contributed by atoms with Crippen LogP contribution in [0.2, 0.25) is 0 Å². The van der Waals surface area contributed by atoms with E-state index in [2.05, 4.69) is 5.32 Å². The predicted molar refractivity (Wildman–Crippen MR) is 80.0 cm³/mol. The molecule has 5 nitrogen and oxygen atoms in total. The van der Waals surface area contributed by atoms with Crippen LogP contribution in [0.1, 0.15) is 23.2 Å². The molecule has 1 unspecified atom stereocenters. The Morgan fingerprint density at radius 3 is 2.79 bits per heavy atom. The van der Waals surface area contributed by atoms with Crippen LogP contribution in [-0.4, -0.2) is 37.0 Å². The molecule has 1 aliphatic heterocycles. The zero-order valence-corrected chi connectivity index (χ0v) is 13.1. The van der Waals surface area contributed by atoms with E-state index in [0.29, 0.717) is 22.0 Å². The second-order valence-electron chi connectivity index (χ2n) is 4.51. The number of phenols is 1. The normalized spacial score (nSPS) is 21.2. The fourth-order valence-electron chi connectivity index (χ4n) is 2.05. The van der Waals surface area contributed by atoms with Crippen molar-refractivity contribution in [1.29, 1.82) is 0 Å². The van der Waals surface area contributed by atoms with Crippen molar-refractivity contribution >= 4 is 38.3 Å². The van der Waals surface area contributed by atoms with Crippen molar-refractivity contribution in [3.63, 3.8) is 0 Å². The van der Waals surface area contributed by atoms with Gasteiger partial charge in [-0.2, -0.15) is 0 Å². The third-order valence-corrected chi connectivity index (χ3v) is 6.35. The summed E-state index contributed by atoms with van der Waals surface area (Å²) in [5, 5.41) is 11.7. The van der Waals surface area contributed by atoms with E-state index in [1.165, 1.54) is 6.07 Å². The number of benzene rings is 1. The number of nitrogens with one attached hydrogen (secondary N) is 1. The molecule has 1 aromatic carbocycles. The highest BCUT2D eigenvalue weighted by Crippen LogP contribution is 2.21. The van der Waals surface area contributed by atoms with Crippen LogP contribution in [0.3, 0.4) is 0 Å². The highest BCUT2D eigenvalue weighted by Gasteiger charge is 2.31. The van der Waals surface area contributed by atoms with Gasteiger partial charge < -0.3 is 10.4 Å². The van der Waals surface area contributed by atoms with Crippen molar-refractivity contribution in [3.05, 3.63) is 27.3 Å². The number of carbonyl (C=O) groups excluding carboxylic acids is 1. The quantitative estimate of drug-likeness (QED) is 0.756. The van der Waals surface area contributed by atoms with Gasteiger partial charge in [-0.15, -0.1) is 0 Å². The molecular formula is C12H14INO4S. The van der Waals surface area contributed by atoms with Crippen molar-refractivity contribution < 1.29 is 18.3 Å². The first-order chi connectivity index (χ1) is 8.90. The Labute approximate surface area is 125 Å². The lowest BCUT2D eigenvalue weighted by Gasteiger charge is -2.11. The Kier molecular flexibility index (Phi) is 4.34. The van der Waals surface area contributed by atoms with Gasteiger partial charge in [0.25, 0.3) is 5.91 Å². The Balaban J connectivity index is 2.00. The van der Waals surface area contributed by atoms with Crippen molar-refractivity contribution in [2.45, 2.75) is 18.1 Å². The number of sulfone groups is 1. The van der Waals surface area contributed by atoms with Crippen LogP contribution in [0.15, 0.2) is 18.2 Å². The van der Waals surface area contributed by atoms with Gasteiger partial charge in [-0.1, -0.05) is 0 Å². The second-order valence-corrected chi connectivity index (χ2v) is 8.07. The van der Waals surface area contributed by atoms with Crippen LogP contribution < -0.4 is 5.32 Å². The van der Waals surface area contributed by atoms with Crippen molar-refractivity contribution in [3.8, 4) is 5.75 Å². The average Bonchev–Trinajstić information content (AvgIpc) is 2.69. The minimum absolute atomic E-state index is 0.0433. The van der Waals surface area contributed by atoms with Crippen molar-refractivity contribution in [2.24, 2.45) is 0 Å². The first-order valence-electron chi connectivity index (χ1n) is 5.88. The van der Waals surface area contributed by atoms with Gasteiger partial charge in [-0.05, 0) is 53.6 Å². The van der Waals surface area contributed by atoms with Gasteiger partial charge in [-0.3, -0.25) is 4.79 Å². The Morgan fingerprint density at radius 1 is 1.47 bits per heavy atom. The number of amides is 1. The van der Waals surface area contributed by atoms with Crippen LogP contribution in [0, 0.1) is 3.57 Å². The molecule has 2 N–H and O–H groups in total. The highest BCUT2D eigenvalue weighted by molar-refractivity contribution is 14.1. The molecule has 1 amide bonds. The number of hydrogen-bond acceptors (Lipinski definition) is 4. The van der Waals surface area contributed by atoms with Gasteiger partial charge in [0.05, 0.1) is 14.6 Å². The molecule has 19 heavy (non-hydrogen) atoms. The number of halogens is 1. The van der Waals surface area contributed by atoms with Crippen molar-refractivity contribution in [1.82, 2.24) is 5.32 Å². The van der Waals surface area contributed by atoms with E-state index in [1.807, 2.05) is 22.6 Å². The molecule has 1 saturated heterocycles. The van der Waals surface area contributed by atoms with Gasteiger partial charge in [0.15, 0.2) is 9.84 Å². The lowest BCUT2D eigenvalue weighted by molar-refractivity contribution is 0.0953. The van der Waals surface area contributed by atoms with Gasteiger partial charge in [0, 0.05) is 12.1 Å². The molecule has 1 atom stereocenters. The molecule has 0 radical (unpaired) electrons. The standard InChI is InChI=1S/C12H14INO4S/c13-10-4-3-8(6-11(10)15)12(16)14-7-9-2-1-5-19(9,17)18/h3-4,6,9,15H,1-2,5,7H2,(H,14,16). The van der Waals surface area contributed by atoms with Gasteiger partial charge in [0.1, 0.15) is 5.75 Å². The average molecular weight is 395 g/mol. The van der Waals surface area contributed by atoms with Crippen LogP contribution in [0.4, 0.5) is 0 Å². The lowest BCUT2D eigenvalue weighted by atomic mass is 10.2. The topological polar surface area (TPSA) is 83.5 Å². The molecule has 1 fully saturated rings. The third kappa shape index (κ3) is 3.38. The summed E-state index contributed by atoms with van der Waals surface area (Å²) in [5.74, 6) is -0.117. The minimum atomic E-state index is -3.05. The summed E-state index contributed by atoms with van der Waals surface area (Å²) < 4.78 is 23.9. The third-order valence-electron chi connectivity index (χ3n) is 3.16. The second kappa shape index (κ2) is 5.66. The predicted octanol–water partition coefficient (Wildman–Crippen LogP) is 1.30. The lowest BCUT2D eigenvalue weighted by Crippen LogP contribution is -2.34. The first kappa shape index (κ1) is 14.6. The Hall–Kier alpha value is -0.830. The molecule has 0 spiro atoms. The molecule has 0 aromatic heterocycles. The molecular weight excluding hydrogens is 381 g/mol. The fraction of sp³-hybridized carbons (Fsp3) is 0.417. The zero-order chi connectivity index (χ0) is 14.0. The molecule has 2 rings (SSSR count). The maximum Gasteiger partial charge on any atom is 0.251 e. The van der Waals surface area contributed by atoms with E-state index in [4.69, 9.17) is 0 Å². The number of aromatic hydroxyl groups is 1. The maximum absolute atomic E-state index is 11.9. The largest absolute Gasteiger partial charge is 0.507 e.